The Hall–Kier alpha value is -1.59. The molecule has 0 spiro atoms. The van der Waals surface area contributed by atoms with E-state index in [1.807, 2.05) is 12.3 Å². The Morgan fingerprint density at radius 2 is 2.33 bits per heavy atom. The summed E-state index contributed by atoms with van der Waals surface area (Å²) in [7, 11) is 0. The van der Waals surface area contributed by atoms with Gasteiger partial charge in [-0.15, -0.1) is 11.3 Å². The molecule has 0 saturated carbocycles. The number of aryl methyl sites for hydroxylation is 1. The number of carbonyl (C=O) groups excluding carboxylic acids is 1. The van der Waals surface area contributed by atoms with Crippen molar-refractivity contribution in [1.29, 1.82) is 0 Å². The third-order valence-corrected chi connectivity index (χ3v) is 3.44. The SMILES string of the molecule is Cc1nc(CNC(=O)c2cc(O)ccc2Cl)cs1. The first-order chi connectivity index (χ1) is 8.56. The van der Waals surface area contributed by atoms with Crippen LogP contribution in [0, 0.1) is 6.92 Å². The second-order valence-electron chi connectivity index (χ2n) is 3.70. The molecule has 0 bridgehead atoms. The number of phenols is 1. The third-order valence-electron chi connectivity index (χ3n) is 2.29. The molecule has 2 aromatic rings. The topological polar surface area (TPSA) is 62.2 Å². The van der Waals surface area contributed by atoms with Gasteiger partial charge in [-0.3, -0.25) is 4.79 Å². The molecule has 2 rings (SSSR count). The summed E-state index contributed by atoms with van der Waals surface area (Å²) < 4.78 is 0. The van der Waals surface area contributed by atoms with E-state index in [-0.39, 0.29) is 17.2 Å². The first kappa shape index (κ1) is 12.9. The van der Waals surface area contributed by atoms with E-state index in [1.165, 1.54) is 29.5 Å². The number of aromatic hydroxyl groups is 1. The molecule has 0 radical (unpaired) electrons. The van der Waals surface area contributed by atoms with Gasteiger partial charge in [0.25, 0.3) is 5.91 Å². The van der Waals surface area contributed by atoms with Crippen LogP contribution in [0.1, 0.15) is 21.1 Å². The molecule has 2 N–H and O–H groups in total. The van der Waals surface area contributed by atoms with Crippen molar-refractivity contribution in [2.45, 2.75) is 13.5 Å². The summed E-state index contributed by atoms with van der Waals surface area (Å²) in [6.07, 6.45) is 0. The largest absolute Gasteiger partial charge is 0.508 e. The van der Waals surface area contributed by atoms with Crippen molar-refractivity contribution in [2.24, 2.45) is 0 Å². The first-order valence-corrected chi connectivity index (χ1v) is 6.50. The van der Waals surface area contributed by atoms with Crippen LogP contribution in [-0.4, -0.2) is 16.0 Å². The van der Waals surface area contributed by atoms with Gasteiger partial charge in [-0.1, -0.05) is 11.6 Å². The molecule has 1 amide bonds. The van der Waals surface area contributed by atoms with Crippen molar-refractivity contribution in [3.05, 3.63) is 44.9 Å². The standard InChI is InChI=1S/C12H11ClN2O2S/c1-7-15-8(6-18-7)5-14-12(17)10-4-9(16)2-3-11(10)13/h2-4,6,16H,5H2,1H3,(H,14,17). The van der Waals surface area contributed by atoms with Crippen molar-refractivity contribution in [2.75, 3.05) is 0 Å². The van der Waals surface area contributed by atoms with E-state index in [1.54, 1.807) is 0 Å². The van der Waals surface area contributed by atoms with Crippen LogP contribution in [0.25, 0.3) is 0 Å². The monoisotopic (exact) mass is 282 g/mol. The normalized spacial score (nSPS) is 10.3. The fourth-order valence-corrected chi connectivity index (χ4v) is 2.26. The minimum atomic E-state index is -0.332. The molecule has 4 nitrogen and oxygen atoms in total. The van der Waals surface area contributed by atoms with Crippen LogP contribution in [0.2, 0.25) is 5.02 Å². The van der Waals surface area contributed by atoms with Gasteiger partial charge in [-0.05, 0) is 25.1 Å². The lowest BCUT2D eigenvalue weighted by atomic mass is 10.2. The van der Waals surface area contributed by atoms with Crippen molar-refractivity contribution < 1.29 is 9.90 Å². The van der Waals surface area contributed by atoms with Crippen molar-refractivity contribution in [3.8, 4) is 5.75 Å². The van der Waals surface area contributed by atoms with Gasteiger partial charge in [0, 0.05) is 5.38 Å². The van der Waals surface area contributed by atoms with Crippen LogP contribution in [0.5, 0.6) is 5.75 Å². The number of benzene rings is 1. The van der Waals surface area contributed by atoms with E-state index >= 15 is 0 Å². The smallest absolute Gasteiger partial charge is 0.253 e. The van der Waals surface area contributed by atoms with Crippen LogP contribution in [0.3, 0.4) is 0 Å². The van der Waals surface area contributed by atoms with Crippen LogP contribution in [0.4, 0.5) is 0 Å². The fourth-order valence-electron chi connectivity index (χ4n) is 1.44. The number of phenolic OH excluding ortho intramolecular Hbond substituents is 1. The van der Waals surface area contributed by atoms with Gasteiger partial charge in [0.05, 0.1) is 27.8 Å². The molecule has 1 aromatic carbocycles. The molecule has 0 fully saturated rings. The number of rotatable bonds is 3. The Bertz CT molecular complexity index is 583. The fraction of sp³-hybridized carbons (Fsp3) is 0.167. The molecule has 0 aliphatic carbocycles. The number of hydrogen-bond donors (Lipinski definition) is 2. The molecule has 6 heteroatoms. The Morgan fingerprint density at radius 1 is 1.56 bits per heavy atom. The number of hydrogen-bond acceptors (Lipinski definition) is 4. The molecule has 0 aliphatic rings. The number of aromatic nitrogens is 1. The number of nitrogens with one attached hydrogen (secondary N) is 1. The van der Waals surface area contributed by atoms with Crippen LogP contribution < -0.4 is 5.32 Å². The van der Waals surface area contributed by atoms with Gasteiger partial charge in [-0.2, -0.15) is 0 Å². The summed E-state index contributed by atoms with van der Waals surface area (Å²) in [5.41, 5.74) is 1.06. The number of thiazole rings is 1. The van der Waals surface area contributed by atoms with E-state index in [0.717, 1.165) is 10.7 Å². The Balaban J connectivity index is 2.05. The zero-order valence-electron chi connectivity index (χ0n) is 9.61. The predicted molar refractivity (Wildman–Crippen MR) is 71.1 cm³/mol. The van der Waals surface area contributed by atoms with E-state index < -0.39 is 0 Å². The highest BCUT2D eigenvalue weighted by molar-refractivity contribution is 7.09. The highest BCUT2D eigenvalue weighted by atomic mass is 35.5. The molecular weight excluding hydrogens is 272 g/mol. The second-order valence-corrected chi connectivity index (χ2v) is 5.17. The Morgan fingerprint density at radius 3 is 3.00 bits per heavy atom. The zero-order chi connectivity index (χ0) is 13.1. The maximum Gasteiger partial charge on any atom is 0.253 e. The highest BCUT2D eigenvalue weighted by Crippen LogP contribution is 2.21. The van der Waals surface area contributed by atoms with Gasteiger partial charge in [0.15, 0.2) is 0 Å². The molecule has 0 aliphatic heterocycles. The summed E-state index contributed by atoms with van der Waals surface area (Å²) in [4.78, 5) is 16.1. The number of carbonyl (C=O) groups is 1. The first-order valence-electron chi connectivity index (χ1n) is 5.24. The van der Waals surface area contributed by atoms with Gasteiger partial charge in [-0.25, -0.2) is 4.98 Å². The second kappa shape index (κ2) is 5.37. The molecular formula is C12H11ClN2O2S. The molecule has 1 aromatic heterocycles. The Kier molecular flexibility index (Phi) is 3.84. The summed E-state index contributed by atoms with van der Waals surface area (Å²) in [5, 5.41) is 15.2. The average molecular weight is 283 g/mol. The molecule has 1 heterocycles. The predicted octanol–water partition coefficient (Wildman–Crippen LogP) is 2.74. The van der Waals surface area contributed by atoms with E-state index in [0.29, 0.717) is 11.6 Å². The maximum absolute atomic E-state index is 11.9. The van der Waals surface area contributed by atoms with Crippen molar-refractivity contribution >= 4 is 28.8 Å². The Labute approximate surface area is 113 Å². The molecule has 0 saturated heterocycles. The minimum Gasteiger partial charge on any atom is -0.508 e. The zero-order valence-corrected chi connectivity index (χ0v) is 11.2. The lowest BCUT2D eigenvalue weighted by Crippen LogP contribution is -2.23. The molecule has 0 unspecified atom stereocenters. The minimum absolute atomic E-state index is 0.00838. The summed E-state index contributed by atoms with van der Waals surface area (Å²) >= 11 is 7.42. The maximum atomic E-state index is 11.9. The van der Waals surface area contributed by atoms with Crippen LogP contribution >= 0.6 is 22.9 Å². The van der Waals surface area contributed by atoms with Crippen LogP contribution in [0.15, 0.2) is 23.6 Å². The van der Waals surface area contributed by atoms with E-state index in [9.17, 15) is 9.90 Å². The average Bonchev–Trinajstić information content (AvgIpc) is 2.75. The summed E-state index contributed by atoms with van der Waals surface area (Å²) in [6, 6.07) is 4.26. The van der Waals surface area contributed by atoms with Gasteiger partial charge in [0.2, 0.25) is 0 Å². The van der Waals surface area contributed by atoms with Gasteiger partial charge >= 0.3 is 0 Å². The quantitative estimate of drug-likeness (QED) is 0.910. The van der Waals surface area contributed by atoms with E-state index in [2.05, 4.69) is 10.3 Å². The third kappa shape index (κ3) is 3.00. The van der Waals surface area contributed by atoms with Gasteiger partial charge in [0.1, 0.15) is 5.75 Å². The number of nitrogens with zero attached hydrogens (tertiary/aromatic N) is 1. The van der Waals surface area contributed by atoms with E-state index in [4.69, 9.17) is 11.6 Å². The summed E-state index contributed by atoms with van der Waals surface area (Å²) in [5.74, 6) is -0.324. The van der Waals surface area contributed by atoms with Gasteiger partial charge < -0.3 is 10.4 Å². The van der Waals surface area contributed by atoms with Crippen molar-refractivity contribution in [1.82, 2.24) is 10.3 Å². The number of amides is 1. The molecule has 94 valence electrons. The molecule has 18 heavy (non-hydrogen) atoms. The lowest BCUT2D eigenvalue weighted by molar-refractivity contribution is 0.0950. The molecule has 0 atom stereocenters. The highest BCUT2D eigenvalue weighted by Gasteiger charge is 2.11. The number of halogens is 1. The summed E-state index contributed by atoms with van der Waals surface area (Å²) in [6.45, 7) is 2.25. The van der Waals surface area contributed by atoms with Crippen LogP contribution in [-0.2, 0) is 6.54 Å². The van der Waals surface area contributed by atoms with Crippen molar-refractivity contribution in [3.63, 3.8) is 0 Å². The lowest BCUT2D eigenvalue weighted by Gasteiger charge is -2.05.